The van der Waals surface area contributed by atoms with Crippen molar-refractivity contribution in [2.45, 2.75) is 46.6 Å². The quantitative estimate of drug-likeness (QED) is 0.571. The smallest absolute Gasteiger partial charge is 0.219 e. The van der Waals surface area contributed by atoms with Gasteiger partial charge in [0, 0.05) is 58.2 Å². The van der Waals surface area contributed by atoms with Crippen LogP contribution in [0.3, 0.4) is 0 Å². The number of nitrogens with zero attached hydrogens (tertiary/aromatic N) is 4. The van der Waals surface area contributed by atoms with Crippen LogP contribution in [0.2, 0.25) is 0 Å². The molecule has 2 N–H and O–H groups in total. The van der Waals surface area contributed by atoms with E-state index in [4.69, 9.17) is 4.42 Å². The van der Waals surface area contributed by atoms with E-state index in [-0.39, 0.29) is 11.3 Å². The zero-order valence-electron chi connectivity index (χ0n) is 17.3. The van der Waals surface area contributed by atoms with Gasteiger partial charge in [-0.2, -0.15) is 0 Å². The van der Waals surface area contributed by atoms with Gasteiger partial charge in [-0.1, -0.05) is 20.8 Å². The van der Waals surface area contributed by atoms with Gasteiger partial charge in [-0.05, 0) is 6.92 Å². The highest BCUT2D eigenvalue weighted by Crippen LogP contribution is 2.22. The fourth-order valence-electron chi connectivity index (χ4n) is 2.84. The van der Waals surface area contributed by atoms with Gasteiger partial charge in [-0.3, -0.25) is 9.69 Å². The highest BCUT2D eigenvalue weighted by atomic mass is 16.4. The lowest BCUT2D eigenvalue weighted by atomic mass is 9.94. The second kappa shape index (κ2) is 9.73. The number of piperazine rings is 1. The molecular weight excluding hydrogens is 344 g/mol. The average molecular weight is 379 g/mol. The van der Waals surface area contributed by atoms with E-state index in [1.54, 1.807) is 13.1 Å². The topological polar surface area (TPSA) is 86.0 Å². The summed E-state index contributed by atoms with van der Waals surface area (Å²) in [5, 5.41) is 6.60. The zero-order chi connectivity index (χ0) is 19.9. The number of carbonyl (C=O) groups is 1. The summed E-state index contributed by atoms with van der Waals surface area (Å²) in [6.45, 7) is 16.3. The molecule has 8 nitrogen and oxygen atoms in total. The van der Waals surface area contributed by atoms with Crippen LogP contribution in [0.25, 0.3) is 0 Å². The molecule has 0 bridgehead atoms. The van der Waals surface area contributed by atoms with Gasteiger partial charge in [0.05, 0.1) is 6.20 Å². The Hall–Kier alpha value is -2.09. The number of aliphatic imine (C=N–C) groups is 1. The normalized spacial score (nSPS) is 16.5. The first kappa shape index (κ1) is 21.2. The molecule has 0 unspecified atom stereocenters. The molecule has 2 heterocycles. The van der Waals surface area contributed by atoms with E-state index in [0.717, 1.165) is 57.5 Å². The van der Waals surface area contributed by atoms with Crippen LogP contribution in [0, 0.1) is 0 Å². The fraction of sp³-hybridized carbons (Fsp3) is 0.737. The number of hydrogen-bond donors (Lipinski definition) is 2. The predicted molar refractivity (Wildman–Crippen MR) is 107 cm³/mol. The van der Waals surface area contributed by atoms with E-state index in [9.17, 15) is 4.79 Å². The second-order valence-electron chi connectivity index (χ2n) is 7.84. The number of aromatic nitrogens is 1. The molecule has 0 saturated carbocycles. The number of rotatable bonds is 6. The monoisotopic (exact) mass is 378 g/mol. The van der Waals surface area contributed by atoms with Gasteiger partial charge >= 0.3 is 0 Å². The molecule has 1 aliphatic heterocycles. The van der Waals surface area contributed by atoms with Crippen molar-refractivity contribution < 1.29 is 9.21 Å². The average Bonchev–Trinajstić information content (AvgIpc) is 3.09. The third-order valence-electron chi connectivity index (χ3n) is 4.55. The molecule has 1 saturated heterocycles. The van der Waals surface area contributed by atoms with Crippen molar-refractivity contribution in [1.29, 1.82) is 0 Å². The third kappa shape index (κ3) is 6.86. The summed E-state index contributed by atoms with van der Waals surface area (Å²) in [5.74, 6) is 2.42. The largest absolute Gasteiger partial charge is 0.443 e. The number of oxazole rings is 1. The van der Waals surface area contributed by atoms with Crippen molar-refractivity contribution >= 4 is 11.9 Å². The molecule has 2 rings (SSSR count). The van der Waals surface area contributed by atoms with Crippen LogP contribution in [0.1, 0.15) is 46.3 Å². The Bertz CT molecular complexity index is 626. The molecule has 0 radical (unpaired) electrons. The van der Waals surface area contributed by atoms with Crippen LogP contribution in [0.5, 0.6) is 0 Å². The molecule has 152 valence electrons. The number of guanidine groups is 1. The Balaban J connectivity index is 1.78. The van der Waals surface area contributed by atoms with Crippen LogP contribution in [-0.2, 0) is 16.8 Å². The minimum absolute atomic E-state index is 0.0515. The maximum Gasteiger partial charge on any atom is 0.219 e. The van der Waals surface area contributed by atoms with Gasteiger partial charge in [-0.25, -0.2) is 9.98 Å². The maximum absolute atomic E-state index is 11.4. The molecule has 0 aromatic carbocycles. The lowest BCUT2D eigenvalue weighted by molar-refractivity contribution is -0.130. The lowest BCUT2D eigenvalue weighted by Gasteiger charge is -2.34. The van der Waals surface area contributed by atoms with Crippen LogP contribution in [-0.4, -0.2) is 72.5 Å². The molecule has 1 aliphatic rings. The minimum atomic E-state index is -0.0515. The SMILES string of the molecule is CCNC(=NCc1ncc(C(C)(C)C)o1)NCCN1CCN(C(C)=O)CC1. The molecule has 1 amide bonds. The first-order chi connectivity index (χ1) is 12.8. The maximum atomic E-state index is 11.4. The van der Waals surface area contributed by atoms with Crippen molar-refractivity contribution in [3.05, 3.63) is 17.8 Å². The summed E-state index contributed by atoms with van der Waals surface area (Å²) in [6.07, 6.45) is 1.78. The highest BCUT2D eigenvalue weighted by Gasteiger charge is 2.19. The Labute approximate surface area is 162 Å². The predicted octanol–water partition coefficient (Wildman–Crippen LogP) is 1.19. The van der Waals surface area contributed by atoms with Gasteiger partial charge in [-0.15, -0.1) is 0 Å². The first-order valence-corrected chi connectivity index (χ1v) is 9.75. The van der Waals surface area contributed by atoms with Crippen molar-refractivity contribution in [1.82, 2.24) is 25.4 Å². The molecule has 1 fully saturated rings. The Morgan fingerprint density at radius 3 is 2.52 bits per heavy atom. The number of carbonyl (C=O) groups excluding carboxylic acids is 1. The van der Waals surface area contributed by atoms with Crippen molar-refractivity contribution in [2.75, 3.05) is 45.8 Å². The van der Waals surface area contributed by atoms with E-state index >= 15 is 0 Å². The number of amides is 1. The molecule has 0 atom stereocenters. The van der Waals surface area contributed by atoms with Gasteiger partial charge in [0.15, 0.2) is 5.96 Å². The summed E-state index contributed by atoms with van der Waals surface area (Å²) in [4.78, 5) is 24.5. The lowest BCUT2D eigenvalue weighted by Crippen LogP contribution is -2.50. The first-order valence-electron chi connectivity index (χ1n) is 9.75. The summed E-state index contributed by atoms with van der Waals surface area (Å²) < 4.78 is 5.79. The Morgan fingerprint density at radius 1 is 1.26 bits per heavy atom. The summed E-state index contributed by atoms with van der Waals surface area (Å²) >= 11 is 0. The summed E-state index contributed by atoms with van der Waals surface area (Å²) in [5.41, 5.74) is -0.0515. The highest BCUT2D eigenvalue weighted by molar-refractivity contribution is 5.79. The third-order valence-corrected chi connectivity index (χ3v) is 4.55. The van der Waals surface area contributed by atoms with Crippen molar-refractivity contribution in [3.8, 4) is 0 Å². The Morgan fingerprint density at radius 2 is 1.96 bits per heavy atom. The molecular formula is C19H34N6O2. The number of hydrogen-bond acceptors (Lipinski definition) is 5. The van der Waals surface area contributed by atoms with Gasteiger partial charge in [0.25, 0.3) is 0 Å². The van der Waals surface area contributed by atoms with Crippen LogP contribution in [0.15, 0.2) is 15.6 Å². The fourth-order valence-corrected chi connectivity index (χ4v) is 2.84. The molecule has 8 heteroatoms. The van der Waals surface area contributed by atoms with Gasteiger partial charge in [0.1, 0.15) is 12.3 Å². The van der Waals surface area contributed by atoms with Crippen LogP contribution in [0.4, 0.5) is 0 Å². The van der Waals surface area contributed by atoms with Crippen LogP contribution < -0.4 is 10.6 Å². The van der Waals surface area contributed by atoms with Crippen LogP contribution >= 0.6 is 0 Å². The molecule has 1 aromatic rings. The van der Waals surface area contributed by atoms with Gasteiger partial charge in [0.2, 0.25) is 11.8 Å². The minimum Gasteiger partial charge on any atom is -0.443 e. The Kier molecular flexibility index (Phi) is 7.65. The second-order valence-corrected chi connectivity index (χ2v) is 7.84. The number of nitrogens with one attached hydrogen (secondary N) is 2. The molecule has 0 spiro atoms. The molecule has 0 aliphatic carbocycles. The standard InChI is InChI=1S/C19H34N6O2/c1-6-20-18(23-14-17-22-13-16(27-17)19(3,4)5)21-7-8-24-9-11-25(12-10-24)15(2)26/h13H,6-12,14H2,1-5H3,(H2,20,21,23). The summed E-state index contributed by atoms with van der Waals surface area (Å²) in [6, 6.07) is 0. The van der Waals surface area contributed by atoms with E-state index in [1.165, 1.54) is 0 Å². The van der Waals surface area contributed by atoms with E-state index < -0.39 is 0 Å². The van der Waals surface area contributed by atoms with Crippen molar-refractivity contribution in [2.24, 2.45) is 4.99 Å². The van der Waals surface area contributed by atoms with E-state index in [1.807, 2.05) is 11.8 Å². The summed E-state index contributed by atoms with van der Waals surface area (Å²) in [7, 11) is 0. The van der Waals surface area contributed by atoms with Gasteiger partial charge < -0.3 is 20.0 Å². The zero-order valence-corrected chi connectivity index (χ0v) is 17.3. The molecule has 1 aromatic heterocycles. The van der Waals surface area contributed by atoms with Crippen molar-refractivity contribution in [3.63, 3.8) is 0 Å². The van der Waals surface area contributed by atoms with E-state index in [0.29, 0.717) is 12.4 Å². The van der Waals surface area contributed by atoms with E-state index in [2.05, 4.69) is 46.3 Å². The molecule has 27 heavy (non-hydrogen) atoms.